The maximum atomic E-state index is 8.78. The van der Waals surface area contributed by atoms with E-state index >= 15 is 0 Å². The highest BCUT2D eigenvalue weighted by Gasteiger charge is 2.20. The van der Waals surface area contributed by atoms with Gasteiger partial charge < -0.3 is 10.6 Å². The van der Waals surface area contributed by atoms with Gasteiger partial charge >= 0.3 is 0 Å². The summed E-state index contributed by atoms with van der Waals surface area (Å²) in [5.74, 6) is 0.653. The van der Waals surface area contributed by atoms with E-state index in [1.807, 2.05) is 32.9 Å². The molecule has 6 heteroatoms. The Morgan fingerprint density at radius 2 is 1.88 bits per heavy atom. The molecule has 0 saturated heterocycles. The van der Waals surface area contributed by atoms with Crippen LogP contribution in [0.15, 0.2) is 0 Å². The molecule has 0 spiro atoms. The van der Waals surface area contributed by atoms with Crippen molar-refractivity contribution in [2.75, 3.05) is 23.7 Å². The summed E-state index contributed by atoms with van der Waals surface area (Å²) in [6.07, 6.45) is 0. The third kappa shape index (κ3) is 2.48. The molecule has 90 valence electrons. The molecule has 0 aliphatic carbocycles. The van der Waals surface area contributed by atoms with Crippen molar-refractivity contribution in [2.24, 2.45) is 0 Å². The minimum atomic E-state index is 0.121. The zero-order chi connectivity index (χ0) is 13.0. The van der Waals surface area contributed by atoms with Crippen LogP contribution < -0.4 is 10.6 Å². The number of nitrogens with zero attached hydrogens (tertiary/aromatic N) is 5. The van der Waals surface area contributed by atoms with Crippen LogP contribution in [0.25, 0.3) is 0 Å². The van der Waals surface area contributed by atoms with Gasteiger partial charge in [-0.3, -0.25) is 0 Å². The molecule has 0 radical (unpaired) electrons. The van der Waals surface area contributed by atoms with Crippen LogP contribution in [0.3, 0.4) is 0 Å². The average Bonchev–Trinajstić information content (AvgIpc) is 2.56. The van der Waals surface area contributed by atoms with Crippen LogP contribution in [0.1, 0.15) is 25.6 Å². The fourth-order valence-electron chi connectivity index (χ4n) is 1.60. The fraction of sp³-hybridized carbons (Fsp3) is 0.545. The average molecular weight is 232 g/mol. The molecular formula is C11H16N6. The monoisotopic (exact) mass is 232 g/mol. The fourth-order valence-corrected chi connectivity index (χ4v) is 1.60. The lowest BCUT2D eigenvalue weighted by Crippen LogP contribution is -2.28. The van der Waals surface area contributed by atoms with Crippen LogP contribution in [0.2, 0.25) is 0 Å². The lowest BCUT2D eigenvalue weighted by molar-refractivity contribution is 0.526. The Labute approximate surface area is 101 Å². The summed E-state index contributed by atoms with van der Waals surface area (Å²) in [6, 6.07) is 4.19. The number of hydrogen-bond acceptors (Lipinski definition) is 5. The molecule has 2 N–H and O–H groups in total. The number of nitriles is 2. The summed E-state index contributed by atoms with van der Waals surface area (Å²) >= 11 is 0. The Morgan fingerprint density at radius 1 is 1.35 bits per heavy atom. The van der Waals surface area contributed by atoms with Crippen LogP contribution in [-0.4, -0.2) is 22.9 Å². The van der Waals surface area contributed by atoms with Crippen molar-refractivity contribution >= 4 is 11.5 Å². The van der Waals surface area contributed by atoms with E-state index in [0.717, 1.165) is 5.69 Å². The molecule has 0 atom stereocenters. The van der Waals surface area contributed by atoms with E-state index in [2.05, 4.69) is 5.10 Å². The Kier molecular flexibility index (Phi) is 3.95. The van der Waals surface area contributed by atoms with Crippen LogP contribution in [0, 0.1) is 29.6 Å². The normalized spacial score (nSPS) is 10.0. The quantitative estimate of drug-likeness (QED) is 0.787. The largest absolute Gasteiger partial charge is 0.394 e. The van der Waals surface area contributed by atoms with Gasteiger partial charge in [0.25, 0.3) is 0 Å². The van der Waals surface area contributed by atoms with Crippen molar-refractivity contribution in [1.29, 1.82) is 10.5 Å². The van der Waals surface area contributed by atoms with Crippen molar-refractivity contribution in [1.82, 2.24) is 9.78 Å². The van der Waals surface area contributed by atoms with Gasteiger partial charge in [0.1, 0.15) is 13.1 Å². The predicted molar refractivity (Wildman–Crippen MR) is 65.2 cm³/mol. The van der Waals surface area contributed by atoms with Crippen molar-refractivity contribution in [3.8, 4) is 12.1 Å². The van der Waals surface area contributed by atoms with Crippen molar-refractivity contribution in [3.63, 3.8) is 0 Å². The minimum absolute atomic E-state index is 0.121. The highest BCUT2D eigenvalue weighted by molar-refractivity contribution is 5.67. The van der Waals surface area contributed by atoms with Crippen LogP contribution in [-0.2, 0) is 0 Å². The lowest BCUT2D eigenvalue weighted by atomic mass is 10.3. The van der Waals surface area contributed by atoms with Gasteiger partial charge in [-0.15, -0.1) is 0 Å². The van der Waals surface area contributed by atoms with E-state index in [4.69, 9.17) is 16.3 Å². The van der Waals surface area contributed by atoms with E-state index in [0.29, 0.717) is 11.5 Å². The number of nitrogens with two attached hydrogens (primary N) is 1. The topological polar surface area (TPSA) is 94.7 Å². The third-order valence-corrected chi connectivity index (χ3v) is 2.42. The number of aromatic nitrogens is 2. The first kappa shape index (κ1) is 12.9. The molecule has 1 heterocycles. The molecule has 1 aromatic heterocycles. The van der Waals surface area contributed by atoms with Gasteiger partial charge in [0.2, 0.25) is 0 Å². The van der Waals surface area contributed by atoms with E-state index < -0.39 is 0 Å². The van der Waals surface area contributed by atoms with Gasteiger partial charge in [0.15, 0.2) is 5.82 Å². The van der Waals surface area contributed by atoms with Crippen molar-refractivity contribution in [2.45, 2.75) is 26.8 Å². The summed E-state index contributed by atoms with van der Waals surface area (Å²) < 4.78 is 1.75. The second-order valence-corrected chi connectivity index (χ2v) is 4.03. The minimum Gasteiger partial charge on any atom is -0.394 e. The molecule has 0 aliphatic heterocycles. The number of aryl methyl sites for hydroxylation is 1. The zero-order valence-electron chi connectivity index (χ0n) is 10.3. The first-order valence-corrected chi connectivity index (χ1v) is 5.36. The molecular weight excluding hydrogens is 216 g/mol. The summed E-state index contributed by atoms with van der Waals surface area (Å²) in [7, 11) is 0. The third-order valence-electron chi connectivity index (χ3n) is 2.42. The molecule has 0 aromatic carbocycles. The summed E-state index contributed by atoms with van der Waals surface area (Å²) in [5, 5.41) is 21.9. The van der Waals surface area contributed by atoms with Crippen molar-refractivity contribution < 1.29 is 0 Å². The molecule has 0 bridgehead atoms. The standard InChI is InChI=1S/C11H16N6/c1-8(2)17-11(10(14)9(3)15-17)16(6-4-12)7-5-13/h8H,6-7,14H2,1-3H3. The Hall–Kier alpha value is -2.21. The number of hydrogen-bond donors (Lipinski definition) is 1. The highest BCUT2D eigenvalue weighted by Crippen LogP contribution is 2.28. The molecule has 1 aromatic rings. The van der Waals surface area contributed by atoms with Gasteiger partial charge in [-0.25, -0.2) is 4.68 Å². The first-order chi connectivity index (χ1) is 8.02. The van der Waals surface area contributed by atoms with Gasteiger partial charge in [-0.2, -0.15) is 15.6 Å². The SMILES string of the molecule is Cc1nn(C(C)C)c(N(CC#N)CC#N)c1N. The molecule has 6 nitrogen and oxygen atoms in total. The van der Waals surface area contributed by atoms with E-state index in [1.54, 1.807) is 9.58 Å². The van der Waals surface area contributed by atoms with Crippen LogP contribution >= 0.6 is 0 Å². The second kappa shape index (κ2) is 5.22. The molecule has 17 heavy (non-hydrogen) atoms. The highest BCUT2D eigenvalue weighted by atomic mass is 15.4. The summed E-state index contributed by atoms with van der Waals surface area (Å²) in [5.41, 5.74) is 7.21. The van der Waals surface area contributed by atoms with Gasteiger partial charge in [-0.05, 0) is 20.8 Å². The molecule has 0 fully saturated rings. The second-order valence-electron chi connectivity index (χ2n) is 4.03. The maximum absolute atomic E-state index is 8.78. The molecule has 1 rings (SSSR count). The van der Waals surface area contributed by atoms with E-state index in [-0.39, 0.29) is 19.1 Å². The molecule has 0 saturated carbocycles. The lowest BCUT2D eigenvalue weighted by Gasteiger charge is -2.21. The molecule has 0 amide bonds. The van der Waals surface area contributed by atoms with Crippen LogP contribution in [0.5, 0.6) is 0 Å². The maximum Gasteiger partial charge on any atom is 0.152 e. The smallest absolute Gasteiger partial charge is 0.152 e. The molecule has 0 aliphatic rings. The Bertz CT molecular complexity index is 457. The Balaban J connectivity index is 3.26. The van der Waals surface area contributed by atoms with E-state index in [1.165, 1.54) is 0 Å². The number of rotatable bonds is 4. The van der Waals surface area contributed by atoms with Gasteiger partial charge in [0.05, 0.1) is 23.5 Å². The number of anilines is 2. The van der Waals surface area contributed by atoms with Crippen molar-refractivity contribution in [3.05, 3.63) is 5.69 Å². The van der Waals surface area contributed by atoms with Gasteiger partial charge in [0, 0.05) is 6.04 Å². The Morgan fingerprint density at radius 3 is 2.29 bits per heavy atom. The summed E-state index contributed by atoms with van der Waals surface area (Å²) in [4.78, 5) is 1.63. The number of nitrogen functional groups attached to an aromatic ring is 1. The predicted octanol–water partition coefficient (Wildman–Crippen LogP) is 1.21. The van der Waals surface area contributed by atoms with Gasteiger partial charge in [-0.1, -0.05) is 0 Å². The van der Waals surface area contributed by atoms with E-state index in [9.17, 15) is 0 Å². The summed E-state index contributed by atoms with van der Waals surface area (Å²) in [6.45, 7) is 6.01. The molecule has 0 unspecified atom stereocenters. The first-order valence-electron chi connectivity index (χ1n) is 5.36. The zero-order valence-corrected chi connectivity index (χ0v) is 10.3. The van der Waals surface area contributed by atoms with Crippen LogP contribution in [0.4, 0.5) is 11.5 Å².